The van der Waals surface area contributed by atoms with E-state index in [-0.39, 0.29) is 0 Å². The van der Waals surface area contributed by atoms with Crippen LogP contribution in [-0.2, 0) is 13.3 Å². The topological polar surface area (TPSA) is 42.4 Å². The van der Waals surface area contributed by atoms with E-state index in [2.05, 4.69) is 9.72 Å². The SMILES string of the molecule is OCc1c(OC(F)(F)F)ncc(F)c1CF. The Labute approximate surface area is 86.5 Å². The Morgan fingerprint density at radius 2 is 1.94 bits per heavy atom. The zero-order chi connectivity index (χ0) is 12.3. The molecule has 8 heteroatoms. The summed E-state index contributed by atoms with van der Waals surface area (Å²) in [5.74, 6) is -2.19. The van der Waals surface area contributed by atoms with Crippen LogP contribution in [0.2, 0.25) is 0 Å². The lowest BCUT2D eigenvalue weighted by Gasteiger charge is -2.13. The molecule has 0 spiro atoms. The van der Waals surface area contributed by atoms with Gasteiger partial charge in [0.2, 0.25) is 5.88 Å². The Balaban J connectivity index is 3.19. The van der Waals surface area contributed by atoms with Crippen LogP contribution in [0, 0.1) is 5.82 Å². The second-order valence-electron chi connectivity index (χ2n) is 2.71. The zero-order valence-corrected chi connectivity index (χ0v) is 7.68. The van der Waals surface area contributed by atoms with E-state index in [0.29, 0.717) is 6.20 Å². The Morgan fingerprint density at radius 3 is 2.38 bits per heavy atom. The first-order chi connectivity index (χ1) is 7.39. The molecule has 3 nitrogen and oxygen atoms in total. The highest BCUT2D eigenvalue weighted by molar-refractivity contribution is 5.34. The fourth-order valence-electron chi connectivity index (χ4n) is 1.05. The summed E-state index contributed by atoms with van der Waals surface area (Å²) >= 11 is 0. The smallest absolute Gasteiger partial charge is 0.391 e. The van der Waals surface area contributed by atoms with E-state index in [0.717, 1.165) is 0 Å². The number of aromatic nitrogens is 1. The lowest BCUT2D eigenvalue weighted by Crippen LogP contribution is -2.20. The first kappa shape index (κ1) is 12.6. The van der Waals surface area contributed by atoms with E-state index in [4.69, 9.17) is 5.11 Å². The van der Waals surface area contributed by atoms with Crippen LogP contribution in [0.25, 0.3) is 0 Å². The maximum absolute atomic E-state index is 12.9. The van der Waals surface area contributed by atoms with Gasteiger partial charge in [-0.2, -0.15) is 0 Å². The third-order valence-corrected chi connectivity index (χ3v) is 1.71. The molecule has 0 aliphatic rings. The summed E-state index contributed by atoms with van der Waals surface area (Å²) in [6.45, 7) is -2.37. The van der Waals surface area contributed by atoms with Gasteiger partial charge in [-0.05, 0) is 0 Å². The van der Waals surface area contributed by atoms with Gasteiger partial charge >= 0.3 is 6.36 Å². The minimum Gasteiger partial charge on any atom is -0.391 e. The van der Waals surface area contributed by atoms with Gasteiger partial charge < -0.3 is 9.84 Å². The predicted octanol–water partition coefficient (Wildman–Crippen LogP) is 2.08. The molecule has 1 heterocycles. The van der Waals surface area contributed by atoms with Crippen molar-refractivity contribution in [1.29, 1.82) is 0 Å². The van der Waals surface area contributed by atoms with Crippen LogP contribution in [0.1, 0.15) is 11.1 Å². The molecule has 0 aromatic carbocycles. The highest BCUT2D eigenvalue weighted by atomic mass is 19.4. The number of ether oxygens (including phenoxy) is 1. The summed E-state index contributed by atoms with van der Waals surface area (Å²) in [6.07, 6.45) is -4.64. The van der Waals surface area contributed by atoms with Crippen molar-refractivity contribution in [2.24, 2.45) is 0 Å². The van der Waals surface area contributed by atoms with E-state index in [1.54, 1.807) is 0 Å². The lowest BCUT2D eigenvalue weighted by atomic mass is 10.1. The van der Waals surface area contributed by atoms with Gasteiger partial charge in [-0.1, -0.05) is 0 Å². The summed E-state index contributed by atoms with van der Waals surface area (Å²) in [4.78, 5) is 3.00. The maximum atomic E-state index is 12.9. The van der Waals surface area contributed by atoms with Crippen LogP contribution < -0.4 is 4.74 Å². The molecule has 0 aliphatic heterocycles. The first-order valence-corrected chi connectivity index (χ1v) is 3.98. The highest BCUT2D eigenvalue weighted by Gasteiger charge is 2.33. The second-order valence-corrected chi connectivity index (χ2v) is 2.71. The van der Waals surface area contributed by atoms with Gasteiger partial charge in [-0.25, -0.2) is 13.8 Å². The Hall–Kier alpha value is -1.44. The molecular weight excluding hydrogens is 237 g/mol. The number of aliphatic hydroxyl groups excluding tert-OH is 1. The van der Waals surface area contributed by atoms with Gasteiger partial charge in [0.25, 0.3) is 0 Å². The minimum absolute atomic E-state index is 0.398. The normalized spacial score (nSPS) is 11.6. The van der Waals surface area contributed by atoms with Crippen LogP contribution in [0.15, 0.2) is 6.20 Å². The summed E-state index contributed by atoms with van der Waals surface area (Å²) in [7, 11) is 0. The lowest BCUT2D eigenvalue weighted by molar-refractivity contribution is -0.276. The molecule has 0 saturated heterocycles. The quantitative estimate of drug-likeness (QED) is 0.826. The van der Waals surface area contributed by atoms with Gasteiger partial charge in [0, 0.05) is 11.1 Å². The molecule has 0 aliphatic carbocycles. The van der Waals surface area contributed by atoms with Crippen molar-refractivity contribution >= 4 is 0 Å². The van der Waals surface area contributed by atoms with Crippen molar-refractivity contribution in [2.75, 3.05) is 0 Å². The Kier molecular flexibility index (Phi) is 3.63. The van der Waals surface area contributed by atoms with Crippen molar-refractivity contribution in [2.45, 2.75) is 19.6 Å². The maximum Gasteiger partial charge on any atom is 0.574 e. The monoisotopic (exact) mass is 243 g/mol. The number of hydrogen-bond donors (Lipinski definition) is 1. The highest BCUT2D eigenvalue weighted by Crippen LogP contribution is 2.28. The van der Waals surface area contributed by atoms with Crippen molar-refractivity contribution in [1.82, 2.24) is 4.98 Å². The standard InChI is InChI=1S/C8H6F5NO2/c9-1-4-5(3-15)7(14-2-6(4)10)16-8(11,12)13/h2,15H,1,3H2. The van der Waals surface area contributed by atoms with Crippen LogP contribution in [0.5, 0.6) is 5.88 Å². The molecule has 1 aromatic heterocycles. The molecule has 0 unspecified atom stereocenters. The van der Waals surface area contributed by atoms with E-state index in [1.165, 1.54) is 0 Å². The van der Waals surface area contributed by atoms with E-state index >= 15 is 0 Å². The van der Waals surface area contributed by atoms with Crippen LogP contribution in [0.3, 0.4) is 0 Å². The van der Waals surface area contributed by atoms with Crippen molar-refractivity contribution in [3.8, 4) is 5.88 Å². The number of hydrogen-bond acceptors (Lipinski definition) is 3. The molecule has 0 atom stereocenters. The minimum atomic E-state index is -5.04. The molecule has 90 valence electrons. The van der Waals surface area contributed by atoms with Gasteiger partial charge in [0.15, 0.2) is 0 Å². The third kappa shape index (κ3) is 2.78. The number of nitrogens with zero attached hydrogens (tertiary/aromatic N) is 1. The predicted molar refractivity (Wildman–Crippen MR) is 41.6 cm³/mol. The molecule has 0 bridgehead atoms. The number of alkyl halides is 4. The van der Waals surface area contributed by atoms with Gasteiger partial charge in [0.1, 0.15) is 12.5 Å². The van der Waals surface area contributed by atoms with Gasteiger partial charge in [-0.3, -0.25) is 0 Å². The fraction of sp³-hybridized carbons (Fsp3) is 0.375. The van der Waals surface area contributed by atoms with E-state index in [1.807, 2.05) is 0 Å². The van der Waals surface area contributed by atoms with E-state index in [9.17, 15) is 22.0 Å². The molecule has 16 heavy (non-hydrogen) atoms. The van der Waals surface area contributed by atoms with Crippen LogP contribution >= 0.6 is 0 Å². The zero-order valence-electron chi connectivity index (χ0n) is 7.68. The summed E-state index contributed by atoms with van der Waals surface area (Å²) in [5.41, 5.74) is -1.35. The van der Waals surface area contributed by atoms with Crippen molar-refractivity contribution < 1.29 is 31.8 Å². The largest absolute Gasteiger partial charge is 0.574 e. The van der Waals surface area contributed by atoms with Crippen LogP contribution in [-0.4, -0.2) is 16.5 Å². The molecule has 0 fully saturated rings. The van der Waals surface area contributed by atoms with Crippen molar-refractivity contribution in [3.05, 3.63) is 23.1 Å². The summed E-state index contributed by atoms with van der Waals surface area (Å²) in [6, 6.07) is 0. The van der Waals surface area contributed by atoms with E-state index < -0.39 is 42.5 Å². The molecule has 0 amide bonds. The molecule has 1 aromatic rings. The number of pyridine rings is 1. The number of aliphatic hydroxyl groups is 1. The van der Waals surface area contributed by atoms with Gasteiger partial charge in [0.05, 0.1) is 12.8 Å². The first-order valence-electron chi connectivity index (χ1n) is 3.98. The molecule has 0 radical (unpaired) electrons. The summed E-state index contributed by atoms with van der Waals surface area (Å²) in [5, 5.41) is 8.73. The third-order valence-electron chi connectivity index (χ3n) is 1.71. The second kappa shape index (κ2) is 4.60. The Morgan fingerprint density at radius 1 is 1.31 bits per heavy atom. The Bertz CT molecular complexity index is 379. The molecule has 0 saturated carbocycles. The van der Waals surface area contributed by atoms with Gasteiger partial charge in [-0.15, -0.1) is 13.2 Å². The molecule has 1 N–H and O–H groups in total. The molecular formula is C8H6F5NO2. The molecule has 1 rings (SSSR count). The number of rotatable bonds is 3. The van der Waals surface area contributed by atoms with Crippen molar-refractivity contribution in [3.63, 3.8) is 0 Å². The average Bonchev–Trinajstić information content (AvgIpc) is 2.18. The average molecular weight is 243 g/mol. The fourth-order valence-corrected chi connectivity index (χ4v) is 1.05. The van der Waals surface area contributed by atoms with Crippen LogP contribution in [0.4, 0.5) is 22.0 Å². The summed E-state index contributed by atoms with van der Waals surface area (Å²) < 4.78 is 64.2. The number of halogens is 5.